The molecule has 24 heavy (non-hydrogen) atoms. The van der Waals surface area contributed by atoms with Crippen LogP contribution in [0, 0.1) is 11.3 Å². The van der Waals surface area contributed by atoms with E-state index in [4.69, 9.17) is 5.26 Å². The van der Waals surface area contributed by atoms with E-state index in [0.29, 0.717) is 25.1 Å². The predicted octanol–water partition coefficient (Wildman–Crippen LogP) is 0.775. The Hall–Kier alpha value is -2.34. The summed E-state index contributed by atoms with van der Waals surface area (Å²) in [7, 11) is 0. The Morgan fingerprint density at radius 1 is 1.50 bits per heavy atom. The highest BCUT2D eigenvalue weighted by atomic mass is 32.1. The molecule has 8 heteroatoms. The Kier molecular flexibility index (Phi) is 5.15. The van der Waals surface area contributed by atoms with Crippen molar-refractivity contribution in [3.63, 3.8) is 0 Å². The van der Waals surface area contributed by atoms with Gasteiger partial charge >= 0.3 is 0 Å². The molecule has 124 valence electrons. The van der Waals surface area contributed by atoms with Crippen LogP contribution >= 0.6 is 11.3 Å². The number of β-amino-alcohol motifs (C(OH)–C–C–N with tert-alkyl or cyclic N) is 1. The molecule has 2 N–H and O–H groups in total. The molecule has 1 fully saturated rings. The summed E-state index contributed by atoms with van der Waals surface area (Å²) in [5.74, 6) is -0.288. The number of rotatable bonds is 4. The summed E-state index contributed by atoms with van der Waals surface area (Å²) in [6.07, 6.45) is 1.41. The van der Waals surface area contributed by atoms with Crippen LogP contribution in [0.15, 0.2) is 29.2 Å². The lowest BCUT2D eigenvalue weighted by atomic mass is 10.0. The summed E-state index contributed by atoms with van der Waals surface area (Å²) in [5.41, 5.74) is 3.44. The highest BCUT2D eigenvalue weighted by molar-refractivity contribution is 7.07. The number of likely N-dealkylation sites (tertiary alicyclic amines) is 1. The van der Waals surface area contributed by atoms with Crippen LogP contribution in [0.4, 0.5) is 0 Å². The van der Waals surface area contributed by atoms with Gasteiger partial charge in [-0.25, -0.2) is 9.97 Å². The minimum absolute atomic E-state index is 0.266. The van der Waals surface area contributed by atoms with Crippen molar-refractivity contribution in [1.82, 2.24) is 20.2 Å². The van der Waals surface area contributed by atoms with Gasteiger partial charge in [-0.15, -0.1) is 11.3 Å². The van der Waals surface area contributed by atoms with Crippen LogP contribution in [0.25, 0.3) is 0 Å². The van der Waals surface area contributed by atoms with Gasteiger partial charge in [-0.3, -0.25) is 9.69 Å². The van der Waals surface area contributed by atoms with Crippen LogP contribution in [0.1, 0.15) is 28.2 Å². The molecule has 0 unspecified atom stereocenters. The van der Waals surface area contributed by atoms with E-state index in [9.17, 15) is 9.90 Å². The van der Waals surface area contributed by atoms with Crippen molar-refractivity contribution in [2.75, 3.05) is 13.1 Å². The summed E-state index contributed by atoms with van der Waals surface area (Å²) >= 11 is 1.55. The van der Waals surface area contributed by atoms with Gasteiger partial charge in [-0.05, 0) is 18.6 Å². The molecule has 0 saturated carbocycles. The molecule has 3 heterocycles. The molecule has 0 aromatic carbocycles. The molecule has 3 rings (SSSR count). The number of carbonyl (C=O) groups is 1. The Bertz CT molecular complexity index is 726. The minimum atomic E-state index is -0.632. The zero-order valence-corrected chi connectivity index (χ0v) is 13.7. The molecule has 1 amide bonds. The monoisotopic (exact) mass is 343 g/mol. The van der Waals surface area contributed by atoms with E-state index in [1.807, 2.05) is 11.4 Å². The van der Waals surface area contributed by atoms with Crippen molar-refractivity contribution < 1.29 is 9.90 Å². The maximum absolute atomic E-state index is 12.2. The molecule has 7 nitrogen and oxygen atoms in total. The lowest BCUT2D eigenvalue weighted by Crippen LogP contribution is -2.53. The first-order chi connectivity index (χ1) is 11.7. The fourth-order valence-corrected chi connectivity index (χ4v) is 3.25. The van der Waals surface area contributed by atoms with Gasteiger partial charge in [-0.2, -0.15) is 5.26 Å². The molecular weight excluding hydrogens is 326 g/mol. The number of pyridine rings is 1. The second-order valence-electron chi connectivity index (χ2n) is 5.69. The predicted molar refractivity (Wildman–Crippen MR) is 88.2 cm³/mol. The number of nitriles is 1. The SMILES string of the molecule is N#Cc1ccc(C(=O)N[C@@H]2CCN(Cc3cscn3)C[C@H]2O)cn1. The highest BCUT2D eigenvalue weighted by Crippen LogP contribution is 2.15. The quantitative estimate of drug-likeness (QED) is 0.850. The van der Waals surface area contributed by atoms with Gasteiger partial charge in [0.2, 0.25) is 0 Å². The molecule has 0 bridgehead atoms. The molecular formula is C16H17N5O2S. The van der Waals surface area contributed by atoms with E-state index >= 15 is 0 Å². The van der Waals surface area contributed by atoms with Crippen LogP contribution in [0.5, 0.6) is 0 Å². The summed E-state index contributed by atoms with van der Waals surface area (Å²) < 4.78 is 0. The number of nitrogens with zero attached hydrogens (tertiary/aromatic N) is 4. The largest absolute Gasteiger partial charge is 0.390 e. The number of hydrogen-bond acceptors (Lipinski definition) is 7. The first-order valence-corrected chi connectivity index (χ1v) is 8.54. The first-order valence-electron chi connectivity index (χ1n) is 7.60. The summed E-state index contributed by atoms with van der Waals surface area (Å²) in [6.45, 7) is 1.99. The van der Waals surface area contributed by atoms with Gasteiger partial charge in [0, 0.05) is 31.2 Å². The molecule has 1 aliphatic heterocycles. The van der Waals surface area contributed by atoms with E-state index < -0.39 is 6.10 Å². The second kappa shape index (κ2) is 7.49. The number of nitrogens with one attached hydrogen (secondary N) is 1. The van der Waals surface area contributed by atoms with Crippen molar-refractivity contribution in [3.8, 4) is 6.07 Å². The van der Waals surface area contributed by atoms with Gasteiger partial charge in [-0.1, -0.05) is 0 Å². The normalized spacial score (nSPS) is 21.2. The maximum atomic E-state index is 12.2. The lowest BCUT2D eigenvalue weighted by molar-refractivity contribution is 0.0346. The third kappa shape index (κ3) is 3.94. The Labute approximate surface area is 143 Å². The van der Waals surface area contributed by atoms with Crippen molar-refractivity contribution >= 4 is 17.2 Å². The van der Waals surface area contributed by atoms with Crippen molar-refractivity contribution in [2.45, 2.75) is 25.1 Å². The molecule has 0 spiro atoms. The number of aliphatic hydroxyl groups is 1. The zero-order chi connectivity index (χ0) is 16.9. The fourth-order valence-electron chi connectivity index (χ4n) is 2.70. The second-order valence-corrected chi connectivity index (χ2v) is 6.41. The van der Waals surface area contributed by atoms with Crippen molar-refractivity contribution in [1.29, 1.82) is 5.26 Å². The number of thiazole rings is 1. The zero-order valence-electron chi connectivity index (χ0n) is 12.9. The smallest absolute Gasteiger partial charge is 0.253 e. The van der Waals surface area contributed by atoms with Crippen molar-refractivity contribution in [3.05, 3.63) is 46.2 Å². The van der Waals surface area contributed by atoms with E-state index in [-0.39, 0.29) is 17.6 Å². The highest BCUT2D eigenvalue weighted by Gasteiger charge is 2.29. The molecule has 1 aliphatic rings. The Morgan fingerprint density at radius 3 is 3.00 bits per heavy atom. The van der Waals surface area contributed by atoms with E-state index in [2.05, 4.69) is 20.2 Å². The molecule has 0 aliphatic carbocycles. The van der Waals surface area contributed by atoms with Gasteiger partial charge in [0.25, 0.3) is 5.91 Å². The Balaban J connectivity index is 1.54. The van der Waals surface area contributed by atoms with Gasteiger partial charge in [0.15, 0.2) is 0 Å². The molecule has 2 atom stereocenters. The van der Waals surface area contributed by atoms with E-state index in [1.165, 1.54) is 12.3 Å². The average molecular weight is 343 g/mol. The van der Waals surface area contributed by atoms with Crippen LogP contribution in [0.3, 0.4) is 0 Å². The molecule has 2 aromatic rings. The van der Waals surface area contributed by atoms with Gasteiger partial charge in [0.1, 0.15) is 11.8 Å². The minimum Gasteiger partial charge on any atom is -0.390 e. The Morgan fingerprint density at radius 2 is 2.38 bits per heavy atom. The average Bonchev–Trinajstić information content (AvgIpc) is 3.10. The summed E-state index contributed by atoms with van der Waals surface area (Å²) in [6, 6.07) is 4.68. The number of aliphatic hydroxyl groups excluding tert-OH is 1. The van der Waals surface area contributed by atoms with Gasteiger partial charge < -0.3 is 10.4 Å². The first kappa shape index (κ1) is 16.5. The van der Waals surface area contributed by atoms with E-state index in [1.54, 1.807) is 22.9 Å². The van der Waals surface area contributed by atoms with Crippen LogP contribution in [0.2, 0.25) is 0 Å². The van der Waals surface area contributed by atoms with Crippen LogP contribution < -0.4 is 5.32 Å². The number of amides is 1. The third-order valence-electron chi connectivity index (χ3n) is 3.99. The maximum Gasteiger partial charge on any atom is 0.253 e. The number of aromatic nitrogens is 2. The molecule has 1 saturated heterocycles. The number of piperidine rings is 1. The van der Waals surface area contributed by atoms with E-state index in [0.717, 1.165) is 12.2 Å². The third-order valence-corrected chi connectivity index (χ3v) is 4.63. The standard InChI is InChI=1S/C16H17N5O2S/c17-5-12-2-1-11(6-18-12)16(23)20-14-3-4-21(8-15(14)22)7-13-9-24-10-19-13/h1-2,6,9-10,14-15,22H,3-4,7-8H2,(H,20,23)/t14-,15-/m1/s1. The topological polar surface area (TPSA) is 102 Å². The van der Waals surface area contributed by atoms with Crippen molar-refractivity contribution in [2.24, 2.45) is 0 Å². The lowest BCUT2D eigenvalue weighted by Gasteiger charge is -2.35. The summed E-state index contributed by atoms with van der Waals surface area (Å²) in [5, 5.41) is 23.9. The van der Waals surface area contributed by atoms with Gasteiger partial charge in [0.05, 0.1) is 28.9 Å². The van der Waals surface area contributed by atoms with Crippen LogP contribution in [-0.2, 0) is 6.54 Å². The number of carbonyl (C=O) groups excluding carboxylic acids is 1. The molecule has 0 radical (unpaired) electrons. The van der Waals surface area contributed by atoms with Crippen LogP contribution in [-0.4, -0.2) is 51.1 Å². The molecule has 2 aromatic heterocycles. The fraction of sp³-hybridized carbons (Fsp3) is 0.375. The summed E-state index contributed by atoms with van der Waals surface area (Å²) in [4.78, 5) is 22.5. The number of hydrogen-bond donors (Lipinski definition) is 2.